The molecule has 0 bridgehead atoms. The van der Waals surface area contributed by atoms with E-state index in [0.717, 1.165) is 19.4 Å². The monoisotopic (exact) mass is 281 g/mol. The summed E-state index contributed by atoms with van der Waals surface area (Å²) in [7, 11) is -2.82. The van der Waals surface area contributed by atoms with Gasteiger partial charge in [0.2, 0.25) is 0 Å². The maximum absolute atomic E-state index is 11.7. The highest BCUT2D eigenvalue weighted by Crippen LogP contribution is 2.31. The van der Waals surface area contributed by atoms with Gasteiger partial charge in [0.15, 0.2) is 9.84 Å². The molecule has 3 nitrogen and oxygen atoms in total. The quantitative estimate of drug-likeness (QED) is 0.902. The van der Waals surface area contributed by atoms with E-state index in [4.69, 9.17) is 0 Å². The van der Waals surface area contributed by atoms with Crippen molar-refractivity contribution in [2.75, 3.05) is 18.1 Å². The largest absolute Gasteiger partial charge is 0.310 e. The Bertz CT molecular complexity index is 507. The summed E-state index contributed by atoms with van der Waals surface area (Å²) in [6, 6.07) is 8.60. The first-order chi connectivity index (χ1) is 9.02. The van der Waals surface area contributed by atoms with E-state index in [1.165, 1.54) is 11.1 Å². The minimum atomic E-state index is -2.82. The van der Waals surface area contributed by atoms with Crippen molar-refractivity contribution < 1.29 is 8.42 Å². The smallest absolute Gasteiger partial charge is 0.150 e. The van der Waals surface area contributed by atoms with Crippen molar-refractivity contribution >= 4 is 9.84 Å². The first-order valence-electron chi connectivity index (χ1n) is 7.02. The first-order valence-corrected chi connectivity index (χ1v) is 8.84. The zero-order valence-corrected chi connectivity index (χ0v) is 12.5. The standard InChI is InChI=1S/C15H23NO2S/c1-3-9-16-15(13-6-4-12(2)5-7-13)14-8-10-19(17,18)11-14/h4-7,14-16H,3,8-11H2,1-2H3. The fourth-order valence-corrected chi connectivity index (χ4v) is 4.56. The molecule has 1 fully saturated rings. The Labute approximate surface area is 116 Å². The average molecular weight is 281 g/mol. The van der Waals surface area contributed by atoms with Crippen molar-refractivity contribution in [1.82, 2.24) is 5.32 Å². The van der Waals surface area contributed by atoms with Crippen LogP contribution in [0, 0.1) is 12.8 Å². The first kappa shape index (κ1) is 14.5. The third-order valence-electron chi connectivity index (χ3n) is 3.79. The van der Waals surface area contributed by atoms with Crippen molar-refractivity contribution in [3.63, 3.8) is 0 Å². The zero-order valence-electron chi connectivity index (χ0n) is 11.7. The van der Waals surface area contributed by atoms with Crippen LogP contribution in [-0.2, 0) is 9.84 Å². The summed E-state index contributed by atoms with van der Waals surface area (Å²) >= 11 is 0. The molecule has 0 amide bonds. The van der Waals surface area contributed by atoms with Gasteiger partial charge in [-0.15, -0.1) is 0 Å². The van der Waals surface area contributed by atoms with Gasteiger partial charge in [0.25, 0.3) is 0 Å². The SMILES string of the molecule is CCCNC(c1ccc(C)cc1)C1CCS(=O)(=O)C1. The number of hydrogen-bond acceptors (Lipinski definition) is 3. The molecule has 1 aliphatic rings. The molecule has 1 N–H and O–H groups in total. The van der Waals surface area contributed by atoms with Gasteiger partial charge in [0, 0.05) is 6.04 Å². The lowest BCUT2D eigenvalue weighted by Gasteiger charge is -2.24. The highest BCUT2D eigenvalue weighted by Gasteiger charge is 2.34. The van der Waals surface area contributed by atoms with Crippen LogP contribution in [0.4, 0.5) is 0 Å². The van der Waals surface area contributed by atoms with Crippen molar-refractivity contribution in [3.8, 4) is 0 Å². The molecule has 2 atom stereocenters. The third kappa shape index (κ3) is 3.80. The summed E-state index contributed by atoms with van der Waals surface area (Å²) in [5.74, 6) is 0.870. The van der Waals surface area contributed by atoms with Gasteiger partial charge in [-0.1, -0.05) is 36.8 Å². The van der Waals surface area contributed by atoms with Gasteiger partial charge in [0.1, 0.15) is 0 Å². The summed E-state index contributed by atoms with van der Waals surface area (Å²) in [5, 5.41) is 3.52. The van der Waals surface area contributed by atoms with Crippen LogP contribution in [0.5, 0.6) is 0 Å². The zero-order chi connectivity index (χ0) is 13.9. The average Bonchev–Trinajstić information content (AvgIpc) is 2.72. The fourth-order valence-electron chi connectivity index (χ4n) is 2.72. The molecule has 1 aromatic rings. The molecule has 0 aromatic heterocycles. The summed E-state index contributed by atoms with van der Waals surface area (Å²) in [4.78, 5) is 0. The van der Waals surface area contributed by atoms with E-state index >= 15 is 0 Å². The Balaban J connectivity index is 2.18. The van der Waals surface area contributed by atoms with Crippen molar-refractivity contribution in [3.05, 3.63) is 35.4 Å². The van der Waals surface area contributed by atoms with E-state index in [1.54, 1.807) is 0 Å². The summed E-state index contributed by atoms with van der Waals surface area (Å²) in [6.45, 7) is 5.12. The molecule has 106 valence electrons. The number of benzene rings is 1. The van der Waals surface area contributed by atoms with Crippen LogP contribution in [0.3, 0.4) is 0 Å². The van der Waals surface area contributed by atoms with Crippen LogP contribution in [0.25, 0.3) is 0 Å². The lowest BCUT2D eigenvalue weighted by molar-refractivity contribution is 0.393. The van der Waals surface area contributed by atoms with Gasteiger partial charge in [-0.25, -0.2) is 8.42 Å². The van der Waals surface area contributed by atoms with E-state index in [9.17, 15) is 8.42 Å². The lowest BCUT2D eigenvalue weighted by Crippen LogP contribution is -2.29. The van der Waals surface area contributed by atoms with Gasteiger partial charge in [-0.3, -0.25) is 0 Å². The Morgan fingerprint density at radius 2 is 2.00 bits per heavy atom. The molecule has 2 unspecified atom stereocenters. The molecule has 1 saturated heterocycles. The normalized spacial score (nSPS) is 23.4. The number of hydrogen-bond donors (Lipinski definition) is 1. The Kier molecular flexibility index (Phi) is 4.63. The summed E-state index contributed by atoms with van der Waals surface area (Å²) in [5.41, 5.74) is 2.44. The van der Waals surface area contributed by atoms with Gasteiger partial charge < -0.3 is 5.32 Å². The molecule has 4 heteroatoms. The molecule has 1 aliphatic heterocycles. The molecule has 19 heavy (non-hydrogen) atoms. The van der Waals surface area contributed by atoms with Crippen molar-refractivity contribution in [1.29, 1.82) is 0 Å². The van der Waals surface area contributed by atoms with E-state index in [0.29, 0.717) is 11.5 Å². The topological polar surface area (TPSA) is 46.2 Å². The molecule has 0 radical (unpaired) electrons. The van der Waals surface area contributed by atoms with Crippen LogP contribution in [0.2, 0.25) is 0 Å². The second kappa shape index (κ2) is 6.06. The Hall–Kier alpha value is -0.870. The molecule has 0 spiro atoms. The number of rotatable bonds is 5. The minimum absolute atomic E-state index is 0.165. The maximum atomic E-state index is 11.7. The second-order valence-corrected chi connectivity index (χ2v) is 7.73. The molecule has 0 aliphatic carbocycles. The summed E-state index contributed by atoms with van der Waals surface area (Å²) in [6.07, 6.45) is 1.83. The van der Waals surface area contributed by atoms with E-state index < -0.39 is 9.84 Å². The van der Waals surface area contributed by atoms with Crippen LogP contribution < -0.4 is 5.32 Å². The van der Waals surface area contributed by atoms with Gasteiger partial charge in [0.05, 0.1) is 11.5 Å². The summed E-state index contributed by atoms with van der Waals surface area (Å²) < 4.78 is 23.4. The molecule has 0 saturated carbocycles. The predicted molar refractivity (Wildman–Crippen MR) is 79.0 cm³/mol. The lowest BCUT2D eigenvalue weighted by atomic mass is 9.92. The van der Waals surface area contributed by atoms with Gasteiger partial charge in [-0.2, -0.15) is 0 Å². The minimum Gasteiger partial charge on any atom is -0.310 e. The van der Waals surface area contributed by atoms with Crippen LogP contribution in [0.1, 0.15) is 36.9 Å². The van der Waals surface area contributed by atoms with Crippen molar-refractivity contribution in [2.45, 2.75) is 32.7 Å². The number of sulfone groups is 1. The number of aryl methyl sites for hydroxylation is 1. The van der Waals surface area contributed by atoms with E-state index in [-0.39, 0.29) is 12.0 Å². The van der Waals surface area contributed by atoms with Crippen LogP contribution in [-0.4, -0.2) is 26.5 Å². The van der Waals surface area contributed by atoms with Crippen LogP contribution in [0.15, 0.2) is 24.3 Å². The van der Waals surface area contributed by atoms with E-state index in [2.05, 4.69) is 43.4 Å². The predicted octanol–water partition coefficient (Wildman–Crippen LogP) is 2.47. The maximum Gasteiger partial charge on any atom is 0.150 e. The third-order valence-corrected chi connectivity index (χ3v) is 5.58. The molecule has 2 rings (SSSR count). The molecule has 1 heterocycles. The van der Waals surface area contributed by atoms with E-state index in [1.807, 2.05) is 0 Å². The van der Waals surface area contributed by atoms with Gasteiger partial charge >= 0.3 is 0 Å². The number of nitrogens with one attached hydrogen (secondary N) is 1. The highest BCUT2D eigenvalue weighted by atomic mass is 32.2. The Morgan fingerprint density at radius 3 is 2.53 bits per heavy atom. The molecular formula is C15H23NO2S. The Morgan fingerprint density at radius 1 is 1.32 bits per heavy atom. The fraction of sp³-hybridized carbons (Fsp3) is 0.600. The molecular weight excluding hydrogens is 258 g/mol. The van der Waals surface area contributed by atoms with Gasteiger partial charge in [-0.05, 0) is 37.8 Å². The molecule has 1 aromatic carbocycles. The van der Waals surface area contributed by atoms with Crippen molar-refractivity contribution in [2.24, 2.45) is 5.92 Å². The second-order valence-electron chi connectivity index (χ2n) is 5.51. The van der Waals surface area contributed by atoms with Crippen LogP contribution >= 0.6 is 0 Å². The highest BCUT2D eigenvalue weighted by molar-refractivity contribution is 7.91.